The van der Waals surface area contributed by atoms with Crippen LogP contribution in [0.25, 0.3) is 67.3 Å². The van der Waals surface area contributed by atoms with Gasteiger partial charge < -0.3 is 4.42 Å². The van der Waals surface area contributed by atoms with Gasteiger partial charge in [-0.15, -0.1) is 0 Å². The zero-order valence-electron chi connectivity index (χ0n) is 26.9. The van der Waals surface area contributed by atoms with Crippen LogP contribution in [0.15, 0.2) is 174 Å². The zero-order chi connectivity index (χ0) is 33.9. The first-order chi connectivity index (χ1) is 24.6. The molecule has 2 N–H and O–H groups in total. The van der Waals surface area contributed by atoms with Gasteiger partial charge >= 0.3 is 0 Å². The number of furan rings is 1. The topological polar surface area (TPSA) is 86.6 Å². The van der Waals surface area contributed by atoms with Crippen LogP contribution in [0.2, 0.25) is 0 Å². The summed E-state index contributed by atoms with van der Waals surface area (Å²) in [6.07, 6.45) is 0. The highest BCUT2D eigenvalue weighted by atomic mass is 32.2. The first kappa shape index (κ1) is 30.9. The van der Waals surface area contributed by atoms with Crippen molar-refractivity contribution < 1.29 is 4.42 Å². The molecule has 0 radical (unpaired) electrons. The van der Waals surface area contributed by atoms with Gasteiger partial charge in [0.05, 0.1) is 11.4 Å². The fourth-order valence-corrected chi connectivity index (χ4v) is 6.84. The van der Waals surface area contributed by atoms with E-state index in [1.54, 1.807) is 0 Å². The van der Waals surface area contributed by atoms with E-state index in [4.69, 9.17) is 19.8 Å². The van der Waals surface area contributed by atoms with Gasteiger partial charge in [0.15, 0.2) is 5.82 Å². The number of fused-ring (bicyclic) bond motifs is 1. The Hall–Kier alpha value is -6.37. The van der Waals surface area contributed by atoms with Crippen LogP contribution in [-0.4, -0.2) is 20.1 Å². The maximum atomic E-state index is 9.47. The molecule has 2 heterocycles. The number of benzene rings is 6. The fourth-order valence-electron chi connectivity index (χ4n) is 6.10. The highest BCUT2D eigenvalue weighted by Crippen LogP contribution is 2.42. The lowest BCUT2D eigenvalue weighted by molar-refractivity contribution is 0.632. The van der Waals surface area contributed by atoms with Gasteiger partial charge in [0.1, 0.15) is 21.4 Å². The standard InChI is InChI=1S/C44H30N4OS/c45-42(31-19-9-3-10-20-31)50-43(46)36-27-33(41-40(30-17-7-2-8-18-30)35-23-13-14-24-39(35)49-41)25-26-34(36)38-28-37(29-15-5-1-6-16-29)47-44(48-38)32-21-11-4-12-22-32/h1-28,45-46H. The third-order valence-corrected chi connectivity index (χ3v) is 9.39. The molecule has 0 fully saturated rings. The molecule has 6 heteroatoms. The van der Waals surface area contributed by atoms with E-state index >= 15 is 0 Å². The van der Waals surface area contributed by atoms with E-state index in [2.05, 4.69) is 18.2 Å². The van der Waals surface area contributed by atoms with Crippen molar-refractivity contribution in [1.29, 1.82) is 10.8 Å². The highest BCUT2D eigenvalue weighted by molar-refractivity contribution is 8.27. The lowest BCUT2D eigenvalue weighted by atomic mass is 9.95. The third kappa shape index (κ3) is 6.16. The number of hydrogen-bond acceptors (Lipinski definition) is 6. The molecule has 0 unspecified atom stereocenters. The molecule has 0 bridgehead atoms. The fraction of sp³-hybridized carbons (Fsp3) is 0. The number of nitrogens with zero attached hydrogens (tertiary/aromatic N) is 2. The van der Waals surface area contributed by atoms with Crippen LogP contribution in [0.3, 0.4) is 0 Å². The Labute approximate surface area is 294 Å². The average Bonchev–Trinajstić information content (AvgIpc) is 3.58. The Morgan fingerprint density at radius 2 is 1.08 bits per heavy atom. The SMILES string of the molecule is N=C(SC(=N)c1cc(-c2oc3ccccc3c2-c2ccccc2)ccc1-c1cc(-c2ccccc2)nc(-c2ccccc2)n1)c1ccccc1. The molecule has 0 aliphatic rings. The number of nitrogens with one attached hydrogen (secondary N) is 2. The van der Waals surface area contributed by atoms with Crippen molar-refractivity contribution >= 4 is 32.8 Å². The molecule has 5 nitrogen and oxygen atoms in total. The van der Waals surface area contributed by atoms with Gasteiger partial charge in [0, 0.05) is 44.3 Å². The van der Waals surface area contributed by atoms with Gasteiger partial charge in [-0.2, -0.15) is 0 Å². The molecular weight excluding hydrogens is 633 g/mol. The lowest BCUT2D eigenvalue weighted by Gasteiger charge is -2.15. The number of aromatic nitrogens is 2. The summed E-state index contributed by atoms with van der Waals surface area (Å²) in [5.41, 5.74) is 9.16. The second-order valence-corrected chi connectivity index (χ2v) is 12.8. The van der Waals surface area contributed by atoms with Crippen molar-refractivity contribution in [2.24, 2.45) is 0 Å². The number of thioether (sulfide) groups is 1. The summed E-state index contributed by atoms with van der Waals surface area (Å²) in [6, 6.07) is 55.9. The number of para-hydroxylation sites is 1. The van der Waals surface area contributed by atoms with Crippen molar-refractivity contribution in [3.05, 3.63) is 181 Å². The molecule has 8 rings (SSSR count). The molecule has 0 saturated carbocycles. The summed E-state index contributed by atoms with van der Waals surface area (Å²) in [4.78, 5) is 10.1. The normalized spacial score (nSPS) is 11.0. The van der Waals surface area contributed by atoms with E-state index < -0.39 is 0 Å². The van der Waals surface area contributed by atoms with Crippen LogP contribution in [0, 0.1) is 10.8 Å². The van der Waals surface area contributed by atoms with Crippen molar-refractivity contribution in [3.8, 4) is 56.4 Å². The van der Waals surface area contributed by atoms with Gasteiger partial charge in [0.2, 0.25) is 0 Å². The molecule has 0 aliphatic heterocycles. The van der Waals surface area contributed by atoms with E-state index in [-0.39, 0.29) is 5.04 Å². The van der Waals surface area contributed by atoms with Gasteiger partial charge in [-0.3, -0.25) is 10.8 Å². The minimum absolute atomic E-state index is 0.231. The summed E-state index contributed by atoms with van der Waals surface area (Å²) in [5.74, 6) is 1.32. The molecule has 0 atom stereocenters. The quantitative estimate of drug-likeness (QED) is 0.131. The lowest BCUT2D eigenvalue weighted by Crippen LogP contribution is -2.05. The van der Waals surface area contributed by atoms with Gasteiger partial charge in [-0.1, -0.05) is 163 Å². The van der Waals surface area contributed by atoms with Crippen molar-refractivity contribution in [2.75, 3.05) is 0 Å². The highest BCUT2D eigenvalue weighted by Gasteiger charge is 2.22. The van der Waals surface area contributed by atoms with Crippen LogP contribution in [0.1, 0.15) is 11.1 Å². The van der Waals surface area contributed by atoms with Gasteiger partial charge in [-0.05, 0) is 23.8 Å². The summed E-state index contributed by atoms with van der Waals surface area (Å²) < 4.78 is 6.58. The van der Waals surface area contributed by atoms with Crippen LogP contribution >= 0.6 is 11.8 Å². The van der Waals surface area contributed by atoms with Crippen molar-refractivity contribution in [2.45, 2.75) is 0 Å². The van der Waals surface area contributed by atoms with Crippen LogP contribution in [-0.2, 0) is 0 Å². The summed E-state index contributed by atoms with van der Waals surface area (Å²) in [6.45, 7) is 0. The molecule has 8 aromatic rings. The Morgan fingerprint density at radius 1 is 0.500 bits per heavy atom. The molecule has 2 aromatic heterocycles. The van der Waals surface area contributed by atoms with E-state index in [1.165, 1.54) is 0 Å². The molecule has 6 aromatic carbocycles. The van der Waals surface area contributed by atoms with E-state index in [0.717, 1.165) is 73.1 Å². The first-order valence-electron chi connectivity index (χ1n) is 16.2. The van der Waals surface area contributed by atoms with Gasteiger partial charge in [0.25, 0.3) is 0 Å². The molecular formula is C44H30N4OS. The summed E-state index contributed by atoms with van der Waals surface area (Å²) >= 11 is 1.12. The third-order valence-electron chi connectivity index (χ3n) is 8.53. The summed E-state index contributed by atoms with van der Waals surface area (Å²) in [5, 5.41) is 19.9. The minimum Gasteiger partial charge on any atom is -0.455 e. The number of rotatable bonds is 7. The van der Waals surface area contributed by atoms with Crippen LogP contribution in [0.5, 0.6) is 0 Å². The second-order valence-electron chi connectivity index (χ2n) is 11.7. The van der Waals surface area contributed by atoms with E-state index in [0.29, 0.717) is 22.1 Å². The molecule has 0 saturated heterocycles. The molecule has 50 heavy (non-hydrogen) atoms. The van der Waals surface area contributed by atoms with Crippen molar-refractivity contribution in [3.63, 3.8) is 0 Å². The van der Waals surface area contributed by atoms with Gasteiger partial charge in [-0.25, -0.2) is 9.97 Å². The smallest absolute Gasteiger partial charge is 0.160 e. The molecule has 0 amide bonds. The van der Waals surface area contributed by atoms with E-state index in [9.17, 15) is 5.41 Å². The van der Waals surface area contributed by atoms with Crippen molar-refractivity contribution in [1.82, 2.24) is 9.97 Å². The predicted molar refractivity (Wildman–Crippen MR) is 207 cm³/mol. The maximum Gasteiger partial charge on any atom is 0.160 e. The summed E-state index contributed by atoms with van der Waals surface area (Å²) in [7, 11) is 0. The Morgan fingerprint density at radius 3 is 1.78 bits per heavy atom. The zero-order valence-corrected chi connectivity index (χ0v) is 27.7. The monoisotopic (exact) mass is 662 g/mol. The Bertz CT molecular complexity index is 2420. The average molecular weight is 663 g/mol. The number of hydrogen-bond donors (Lipinski definition) is 2. The molecule has 0 aliphatic carbocycles. The van der Waals surface area contributed by atoms with E-state index in [1.807, 2.05) is 152 Å². The second kappa shape index (κ2) is 13.6. The Balaban J connectivity index is 1.33. The van der Waals surface area contributed by atoms with Crippen LogP contribution < -0.4 is 0 Å². The maximum absolute atomic E-state index is 9.47. The molecule has 0 spiro atoms. The minimum atomic E-state index is 0.231. The molecule has 238 valence electrons. The Kier molecular flexibility index (Phi) is 8.43. The first-order valence-corrected chi connectivity index (χ1v) is 17.1. The van der Waals surface area contributed by atoms with Crippen LogP contribution in [0.4, 0.5) is 0 Å². The largest absolute Gasteiger partial charge is 0.455 e. The predicted octanol–water partition coefficient (Wildman–Crippen LogP) is 11.6.